The van der Waals surface area contributed by atoms with Gasteiger partial charge in [0, 0.05) is 9.86 Å². The molecular formula is C9H4BrClOS. The summed E-state index contributed by atoms with van der Waals surface area (Å²) in [5.74, 6) is 0. The minimum absolute atomic E-state index is 0.683. The molecule has 1 nitrogen and oxygen atoms in total. The van der Waals surface area contributed by atoms with Crippen LogP contribution in [-0.2, 0) is 0 Å². The average Bonchev–Trinajstić information content (AvgIpc) is 2.45. The van der Waals surface area contributed by atoms with Crippen molar-refractivity contribution >= 4 is 55.2 Å². The second kappa shape index (κ2) is 3.40. The average molecular weight is 276 g/mol. The Bertz CT molecular complexity index is 478. The molecule has 0 unspecified atom stereocenters. The normalized spacial score (nSPS) is 10.6. The van der Waals surface area contributed by atoms with Crippen molar-refractivity contribution < 1.29 is 4.79 Å². The fourth-order valence-electron chi connectivity index (χ4n) is 1.15. The van der Waals surface area contributed by atoms with E-state index >= 15 is 0 Å². The fourth-order valence-corrected chi connectivity index (χ4v) is 3.15. The van der Waals surface area contributed by atoms with Crippen LogP contribution in [0.5, 0.6) is 0 Å². The Labute approximate surface area is 92.5 Å². The van der Waals surface area contributed by atoms with Gasteiger partial charge in [0.1, 0.15) is 0 Å². The maximum Gasteiger partial charge on any atom is 0.161 e. The summed E-state index contributed by atoms with van der Waals surface area (Å²) in [6.45, 7) is 0. The van der Waals surface area contributed by atoms with Crippen LogP contribution < -0.4 is 0 Å². The van der Waals surface area contributed by atoms with E-state index in [-0.39, 0.29) is 0 Å². The Morgan fingerprint density at radius 2 is 2.23 bits per heavy atom. The molecule has 4 heteroatoms. The fraction of sp³-hybridized carbons (Fsp3) is 0. The molecule has 2 rings (SSSR count). The van der Waals surface area contributed by atoms with Crippen LogP contribution in [-0.4, -0.2) is 6.29 Å². The van der Waals surface area contributed by atoms with Crippen molar-refractivity contribution in [1.29, 1.82) is 0 Å². The highest BCUT2D eigenvalue weighted by Gasteiger charge is 2.10. The van der Waals surface area contributed by atoms with Crippen LogP contribution in [0.25, 0.3) is 10.1 Å². The van der Waals surface area contributed by atoms with E-state index in [1.165, 1.54) is 11.3 Å². The molecule has 1 aromatic carbocycles. The van der Waals surface area contributed by atoms with Gasteiger partial charge in [-0.25, -0.2) is 0 Å². The number of fused-ring (bicyclic) bond motifs is 1. The van der Waals surface area contributed by atoms with E-state index in [1.54, 1.807) is 0 Å². The molecule has 0 saturated carbocycles. The first-order chi connectivity index (χ1) is 6.24. The number of hydrogen-bond donors (Lipinski definition) is 0. The lowest BCUT2D eigenvalue weighted by atomic mass is 10.2. The van der Waals surface area contributed by atoms with Crippen molar-refractivity contribution in [1.82, 2.24) is 0 Å². The zero-order chi connectivity index (χ0) is 9.42. The summed E-state index contributed by atoms with van der Waals surface area (Å²) in [7, 11) is 0. The SMILES string of the molecule is O=Cc1sc2c(Cl)cccc2c1Br. The number of rotatable bonds is 1. The van der Waals surface area contributed by atoms with E-state index < -0.39 is 0 Å². The van der Waals surface area contributed by atoms with Crippen LogP contribution in [0.4, 0.5) is 0 Å². The summed E-state index contributed by atoms with van der Waals surface area (Å²) in [4.78, 5) is 11.3. The first-order valence-electron chi connectivity index (χ1n) is 3.55. The van der Waals surface area contributed by atoms with Crippen LogP contribution in [0, 0.1) is 0 Å². The van der Waals surface area contributed by atoms with Gasteiger partial charge in [0.05, 0.1) is 14.6 Å². The smallest absolute Gasteiger partial charge is 0.161 e. The molecule has 0 bridgehead atoms. The number of hydrogen-bond acceptors (Lipinski definition) is 2. The minimum atomic E-state index is 0.683. The molecule has 1 aromatic heterocycles. The lowest BCUT2D eigenvalue weighted by Crippen LogP contribution is -1.69. The lowest BCUT2D eigenvalue weighted by molar-refractivity contribution is 0.112. The second-order valence-electron chi connectivity index (χ2n) is 2.51. The molecule has 66 valence electrons. The summed E-state index contributed by atoms with van der Waals surface area (Å²) < 4.78 is 1.79. The quantitative estimate of drug-likeness (QED) is 0.715. The molecule has 0 aliphatic heterocycles. The highest BCUT2D eigenvalue weighted by molar-refractivity contribution is 9.10. The maximum absolute atomic E-state index is 10.6. The highest BCUT2D eigenvalue weighted by atomic mass is 79.9. The molecule has 0 aliphatic rings. The molecule has 2 aromatic rings. The Balaban J connectivity index is 2.91. The van der Waals surface area contributed by atoms with Gasteiger partial charge in [-0.05, 0) is 22.0 Å². The molecule has 0 radical (unpaired) electrons. The van der Waals surface area contributed by atoms with Crippen LogP contribution in [0.1, 0.15) is 9.67 Å². The Kier molecular flexibility index (Phi) is 2.41. The molecule has 0 amide bonds. The van der Waals surface area contributed by atoms with Gasteiger partial charge >= 0.3 is 0 Å². The summed E-state index contributed by atoms with van der Waals surface area (Å²) in [6.07, 6.45) is 0.838. The largest absolute Gasteiger partial charge is 0.297 e. The number of thiophene rings is 1. The highest BCUT2D eigenvalue weighted by Crippen LogP contribution is 2.38. The Hall–Kier alpha value is -0.380. The number of halogens is 2. The molecule has 0 N–H and O–H groups in total. The van der Waals surface area contributed by atoms with E-state index in [0.717, 1.165) is 20.8 Å². The molecule has 0 saturated heterocycles. The van der Waals surface area contributed by atoms with Gasteiger partial charge < -0.3 is 0 Å². The second-order valence-corrected chi connectivity index (χ2v) is 4.77. The standard InChI is InChI=1S/C9H4BrClOS/c10-8-5-2-1-3-6(11)9(5)13-7(8)4-12/h1-4H. The van der Waals surface area contributed by atoms with Gasteiger partial charge in [-0.15, -0.1) is 11.3 Å². The van der Waals surface area contributed by atoms with Crippen molar-refractivity contribution in [3.63, 3.8) is 0 Å². The third-order valence-corrected chi connectivity index (χ3v) is 4.45. The Morgan fingerprint density at radius 1 is 1.46 bits per heavy atom. The summed E-state index contributed by atoms with van der Waals surface area (Å²) in [6, 6.07) is 5.63. The van der Waals surface area contributed by atoms with Crippen molar-refractivity contribution in [3.05, 3.63) is 32.6 Å². The Morgan fingerprint density at radius 3 is 2.85 bits per heavy atom. The first kappa shape index (κ1) is 9.19. The van der Waals surface area contributed by atoms with Crippen LogP contribution >= 0.6 is 38.9 Å². The first-order valence-corrected chi connectivity index (χ1v) is 5.54. The molecule has 13 heavy (non-hydrogen) atoms. The lowest BCUT2D eigenvalue weighted by Gasteiger charge is -1.91. The third kappa shape index (κ3) is 1.41. The summed E-state index contributed by atoms with van der Waals surface area (Å²) >= 11 is 10.7. The number of benzene rings is 1. The van der Waals surface area contributed by atoms with Crippen molar-refractivity contribution in [2.45, 2.75) is 0 Å². The van der Waals surface area contributed by atoms with E-state index in [2.05, 4.69) is 15.9 Å². The summed E-state index contributed by atoms with van der Waals surface area (Å²) in [5, 5.41) is 1.69. The van der Waals surface area contributed by atoms with Gasteiger partial charge in [-0.3, -0.25) is 4.79 Å². The van der Waals surface area contributed by atoms with E-state index in [1.807, 2.05) is 18.2 Å². The van der Waals surface area contributed by atoms with E-state index in [4.69, 9.17) is 11.6 Å². The minimum Gasteiger partial charge on any atom is -0.297 e. The predicted molar refractivity (Wildman–Crippen MR) is 59.9 cm³/mol. The molecule has 0 aliphatic carbocycles. The van der Waals surface area contributed by atoms with E-state index in [9.17, 15) is 4.79 Å². The molecule has 0 fully saturated rings. The predicted octanol–water partition coefficient (Wildman–Crippen LogP) is 4.13. The number of carbonyl (C=O) groups excluding carboxylic acids is 1. The van der Waals surface area contributed by atoms with Gasteiger partial charge in [0.25, 0.3) is 0 Å². The van der Waals surface area contributed by atoms with Crippen LogP contribution in [0.15, 0.2) is 22.7 Å². The zero-order valence-corrected chi connectivity index (χ0v) is 9.54. The molecule has 1 heterocycles. The number of aldehydes is 1. The maximum atomic E-state index is 10.6. The van der Waals surface area contributed by atoms with Crippen molar-refractivity contribution in [3.8, 4) is 0 Å². The van der Waals surface area contributed by atoms with Crippen LogP contribution in [0.3, 0.4) is 0 Å². The third-order valence-electron chi connectivity index (χ3n) is 1.74. The van der Waals surface area contributed by atoms with Gasteiger partial charge in [0.2, 0.25) is 0 Å². The summed E-state index contributed by atoms with van der Waals surface area (Å²) in [5.41, 5.74) is 0. The van der Waals surface area contributed by atoms with Gasteiger partial charge in [-0.1, -0.05) is 23.7 Å². The molecular weight excluding hydrogens is 272 g/mol. The van der Waals surface area contributed by atoms with Gasteiger partial charge in [0.15, 0.2) is 6.29 Å². The molecule has 0 spiro atoms. The van der Waals surface area contributed by atoms with Crippen molar-refractivity contribution in [2.24, 2.45) is 0 Å². The topological polar surface area (TPSA) is 17.1 Å². The number of carbonyl (C=O) groups is 1. The molecule has 0 atom stereocenters. The monoisotopic (exact) mass is 274 g/mol. The van der Waals surface area contributed by atoms with Crippen molar-refractivity contribution in [2.75, 3.05) is 0 Å². The van der Waals surface area contributed by atoms with E-state index in [0.29, 0.717) is 9.90 Å². The van der Waals surface area contributed by atoms with Crippen LogP contribution in [0.2, 0.25) is 5.02 Å². The zero-order valence-electron chi connectivity index (χ0n) is 6.38. The van der Waals surface area contributed by atoms with Gasteiger partial charge in [-0.2, -0.15) is 0 Å².